The minimum Gasteiger partial charge on any atom is -0.406 e. The number of halogens is 3. The number of carbonyl (C=O) groups excluding carboxylic acids is 1. The maximum Gasteiger partial charge on any atom is 0.573 e. The van der Waals surface area contributed by atoms with E-state index in [0.717, 1.165) is 16.1 Å². The predicted octanol–water partition coefficient (Wildman–Crippen LogP) is 4.76. The Hall–Kier alpha value is -2.15. The van der Waals surface area contributed by atoms with Crippen molar-refractivity contribution < 1.29 is 22.7 Å². The molecule has 0 aliphatic carbocycles. The Balaban J connectivity index is 1.82. The summed E-state index contributed by atoms with van der Waals surface area (Å²) in [6.45, 7) is 0. The van der Waals surface area contributed by atoms with E-state index in [-0.39, 0.29) is 23.3 Å². The van der Waals surface area contributed by atoms with Gasteiger partial charge in [-0.05, 0) is 29.8 Å². The van der Waals surface area contributed by atoms with E-state index in [4.69, 9.17) is 0 Å². The number of anilines is 1. The number of carbonyl (C=O) groups is 1. The van der Waals surface area contributed by atoms with Crippen molar-refractivity contribution in [2.45, 2.75) is 22.9 Å². The summed E-state index contributed by atoms with van der Waals surface area (Å²) >= 11 is 1.51. The highest BCUT2D eigenvalue weighted by Gasteiger charge is 2.31. The first kappa shape index (κ1) is 15.7. The topological polar surface area (TPSA) is 38.3 Å². The molecule has 0 radical (unpaired) electrons. The van der Waals surface area contributed by atoms with Crippen LogP contribution in [-0.4, -0.2) is 12.3 Å². The first-order valence-electron chi connectivity index (χ1n) is 6.82. The van der Waals surface area contributed by atoms with Gasteiger partial charge in [-0.25, -0.2) is 0 Å². The smallest absolute Gasteiger partial charge is 0.406 e. The molecule has 1 heterocycles. The molecule has 0 saturated carbocycles. The summed E-state index contributed by atoms with van der Waals surface area (Å²) in [6.07, 6.45) is -4.46. The minimum atomic E-state index is -4.71. The molecular formula is C16H12F3NO2S. The molecule has 3 rings (SSSR count). The van der Waals surface area contributed by atoms with Gasteiger partial charge in [-0.2, -0.15) is 0 Å². The normalized spacial score (nSPS) is 17.9. The number of hydrogen-bond acceptors (Lipinski definition) is 3. The van der Waals surface area contributed by atoms with Crippen LogP contribution in [0.4, 0.5) is 18.9 Å². The fourth-order valence-corrected chi connectivity index (χ4v) is 3.54. The van der Waals surface area contributed by atoms with Gasteiger partial charge in [0.25, 0.3) is 0 Å². The molecule has 23 heavy (non-hydrogen) atoms. The number of ether oxygens (including phenoxy) is 1. The maximum absolute atomic E-state index is 12.2. The highest BCUT2D eigenvalue weighted by Crippen LogP contribution is 2.43. The summed E-state index contributed by atoms with van der Waals surface area (Å²) in [5, 5.41) is 2.66. The summed E-state index contributed by atoms with van der Waals surface area (Å²) in [5.41, 5.74) is 1.53. The number of para-hydroxylation sites is 1. The molecule has 0 bridgehead atoms. The Kier molecular flexibility index (Phi) is 4.21. The molecule has 0 aromatic heterocycles. The van der Waals surface area contributed by atoms with Gasteiger partial charge in [0, 0.05) is 16.6 Å². The molecule has 2 aromatic rings. The van der Waals surface area contributed by atoms with Crippen molar-refractivity contribution >= 4 is 23.4 Å². The van der Waals surface area contributed by atoms with Gasteiger partial charge in [0.05, 0.1) is 5.69 Å². The van der Waals surface area contributed by atoms with Gasteiger partial charge in [0.15, 0.2) is 0 Å². The summed E-state index contributed by atoms with van der Waals surface area (Å²) in [5.74, 6) is -0.396. The third-order valence-electron chi connectivity index (χ3n) is 3.29. The lowest BCUT2D eigenvalue weighted by Gasteiger charge is -2.15. The highest BCUT2D eigenvalue weighted by atomic mass is 32.2. The van der Waals surface area contributed by atoms with E-state index in [2.05, 4.69) is 10.1 Å². The number of fused-ring (bicyclic) bond motifs is 1. The molecule has 1 aliphatic rings. The number of thioether (sulfide) groups is 1. The van der Waals surface area contributed by atoms with Gasteiger partial charge < -0.3 is 10.1 Å². The molecule has 1 atom stereocenters. The molecule has 120 valence electrons. The number of benzene rings is 2. The van der Waals surface area contributed by atoms with Crippen LogP contribution in [0, 0.1) is 0 Å². The third kappa shape index (κ3) is 3.98. The van der Waals surface area contributed by atoms with E-state index in [0.29, 0.717) is 0 Å². The van der Waals surface area contributed by atoms with Crippen LogP contribution in [0.3, 0.4) is 0 Å². The third-order valence-corrected chi connectivity index (χ3v) is 4.62. The molecule has 1 N–H and O–H groups in total. The van der Waals surface area contributed by atoms with E-state index in [1.807, 2.05) is 24.3 Å². The zero-order valence-corrected chi connectivity index (χ0v) is 12.6. The zero-order valence-electron chi connectivity index (χ0n) is 11.8. The van der Waals surface area contributed by atoms with Crippen molar-refractivity contribution in [1.82, 2.24) is 0 Å². The van der Waals surface area contributed by atoms with Gasteiger partial charge in [0.2, 0.25) is 5.91 Å². The molecule has 7 heteroatoms. The molecule has 1 amide bonds. The summed E-state index contributed by atoms with van der Waals surface area (Å²) in [6, 6.07) is 13.1. The summed E-state index contributed by atoms with van der Waals surface area (Å²) in [7, 11) is 0. The number of rotatable bonds is 2. The van der Waals surface area contributed by atoms with Crippen LogP contribution in [0.1, 0.15) is 17.2 Å². The van der Waals surface area contributed by atoms with Crippen LogP contribution in [0.25, 0.3) is 0 Å². The van der Waals surface area contributed by atoms with E-state index in [1.54, 1.807) is 12.1 Å². The Morgan fingerprint density at radius 1 is 1.09 bits per heavy atom. The Labute approximate surface area is 134 Å². The number of amides is 1. The fraction of sp³-hybridized carbons (Fsp3) is 0.188. The fourth-order valence-electron chi connectivity index (χ4n) is 2.31. The number of alkyl halides is 3. The Morgan fingerprint density at radius 3 is 2.48 bits per heavy atom. The summed E-state index contributed by atoms with van der Waals surface area (Å²) in [4.78, 5) is 12.9. The average molecular weight is 339 g/mol. The van der Waals surface area contributed by atoms with Gasteiger partial charge in [-0.1, -0.05) is 24.3 Å². The molecule has 1 aliphatic heterocycles. The molecule has 3 nitrogen and oxygen atoms in total. The highest BCUT2D eigenvalue weighted by molar-refractivity contribution is 7.99. The molecule has 0 saturated heterocycles. The number of hydrogen-bond donors (Lipinski definition) is 1. The van der Waals surface area contributed by atoms with Crippen LogP contribution in [0.15, 0.2) is 53.4 Å². The Morgan fingerprint density at radius 2 is 1.78 bits per heavy atom. The van der Waals surface area contributed by atoms with Crippen molar-refractivity contribution in [3.63, 3.8) is 0 Å². The van der Waals surface area contributed by atoms with Crippen LogP contribution in [0.5, 0.6) is 5.75 Å². The second-order valence-electron chi connectivity index (χ2n) is 4.97. The summed E-state index contributed by atoms with van der Waals surface area (Å²) < 4.78 is 40.4. The van der Waals surface area contributed by atoms with Crippen LogP contribution < -0.4 is 10.1 Å². The van der Waals surface area contributed by atoms with Gasteiger partial charge >= 0.3 is 6.36 Å². The van der Waals surface area contributed by atoms with Crippen molar-refractivity contribution in [2.24, 2.45) is 0 Å². The Bertz CT molecular complexity index is 716. The monoisotopic (exact) mass is 339 g/mol. The number of nitrogens with one attached hydrogen (secondary N) is 1. The molecule has 1 unspecified atom stereocenters. The lowest BCUT2D eigenvalue weighted by atomic mass is 10.1. The van der Waals surface area contributed by atoms with Crippen molar-refractivity contribution in [3.05, 3.63) is 54.1 Å². The minimum absolute atomic E-state index is 0.122. The van der Waals surface area contributed by atoms with E-state index in [1.165, 1.54) is 23.9 Å². The van der Waals surface area contributed by atoms with E-state index in [9.17, 15) is 18.0 Å². The van der Waals surface area contributed by atoms with Crippen molar-refractivity contribution in [2.75, 3.05) is 5.32 Å². The lowest BCUT2D eigenvalue weighted by molar-refractivity contribution is -0.274. The van der Waals surface area contributed by atoms with E-state index < -0.39 is 6.36 Å². The van der Waals surface area contributed by atoms with Crippen molar-refractivity contribution in [1.29, 1.82) is 0 Å². The van der Waals surface area contributed by atoms with Gasteiger partial charge in [0.1, 0.15) is 5.75 Å². The van der Waals surface area contributed by atoms with Gasteiger partial charge in [-0.15, -0.1) is 24.9 Å². The molecule has 2 aromatic carbocycles. The quantitative estimate of drug-likeness (QED) is 0.857. The van der Waals surface area contributed by atoms with Crippen LogP contribution in [0.2, 0.25) is 0 Å². The second-order valence-corrected chi connectivity index (χ2v) is 6.22. The first-order chi connectivity index (χ1) is 10.9. The van der Waals surface area contributed by atoms with Crippen LogP contribution in [-0.2, 0) is 4.79 Å². The molecule has 0 fully saturated rings. The zero-order chi connectivity index (χ0) is 16.4. The van der Waals surface area contributed by atoms with Gasteiger partial charge in [-0.3, -0.25) is 4.79 Å². The lowest BCUT2D eigenvalue weighted by Crippen LogP contribution is -2.17. The predicted molar refractivity (Wildman–Crippen MR) is 81.4 cm³/mol. The molecule has 0 spiro atoms. The largest absolute Gasteiger partial charge is 0.573 e. The standard InChI is InChI=1S/C16H12F3NO2S/c17-16(18,19)22-11-7-5-10(6-8-11)14-9-15(21)20-12-3-1-2-4-13(12)23-14/h1-8,14H,9H2,(H,20,21). The first-order valence-corrected chi connectivity index (χ1v) is 7.70. The van der Waals surface area contributed by atoms with Crippen LogP contribution >= 0.6 is 11.8 Å². The van der Waals surface area contributed by atoms with Crippen molar-refractivity contribution in [3.8, 4) is 5.75 Å². The SMILES string of the molecule is O=C1CC(c2ccc(OC(F)(F)F)cc2)Sc2ccccc2N1. The van der Waals surface area contributed by atoms with E-state index >= 15 is 0 Å². The maximum atomic E-state index is 12.2. The average Bonchev–Trinajstić information content (AvgIpc) is 2.64. The molecular weight excluding hydrogens is 327 g/mol. The second kappa shape index (κ2) is 6.16.